The summed E-state index contributed by atoms with van der Waals surface area (Å²) in [7, 11) is 0. The molecule has 1 aromatic carbocycles. The summed E-state index contributed by atoms with van der Waals surface area (Å²) >= 11 is 0. The van der Waals surface area contributed by atoms with Crippen LogP contribution >= 0.6 is 0 Å². The molecule has 0 saturated carbocycles. The van der Waals surface area contributed by atoms with Crippen molar-refractivity contribution in [3.8, 4) is 18.1 Å². The molecule has 1 rings (SSSR count). The molecule has 0 heterocycles. The Labute approximate surface area is 105 Å². The summed E-state index contributed by atoms with van der Waals surface area (Å²) in [6, 6.07) is 6.43. The molecule has 1 nitrogen and oxygen atoms in total. The fourth-order valence-electron chi connectivity index (χ4n) is 1.91. The van der Waals surface area contributed by atoms with E-state index in [1.807, 2.05) is 6.92 Å². The van der Waals surface area contributed by atoms with Crippen molar-refractivity contribution in [1.29, 1.82) is 0 Å². The van der Waals surface area contributed by atoms with Crippen molar-refractivity contribution in [2.45, 2.75) is 46.0 Å². The van der Waals surface area contributed by atoms with Gasteiger partial charge in [-0.25, -0.2) is 0 Å². The van der Waals surface area contributed by atoms with E-state index in [2.05, 4.69) is 44.9 Å². The SMILES string of the molecule is C#CCC(C)c1ccc(OCC)c(C(C)C)c1. The van der Waals surface area contributed by atoms with Gasteiger partial charge in [0, 0.05) is 6.42 Å². The van der Waals surface area contributed by atoms with E-state index >= 15 is 0 Å². The minimum absolute atomic E-state index is 0.410. The lowest BCUT2D eigenvalue weighted by Crippen LogP contribution is -2.01. The van der Waals surface area contributed by atoms with Crippen molar-refractivity contribution in [3.05, 3.63) is 29.3 Å². The first-order valence-electron chi connectivity index (χ1n) is 6.30. The number of hydrogen-bond acceptors (Lipinski definition) is 1. The van der Waals surface area contributed by atoms with Crippen LogP contribution < -0.4 is 4.74 Å². The average molecular weight is 230 g/mol. The van der Waals surface area contributed by atoms with Crippen LogP contribution in [0.25, 0.3) is 0 Å². The number of benzene rings is 1. The molecule has 0 bridgehead atoms. The van der Waals surface area contributed by atoms with Gasteiger partial charge in [0.1, 0.15) is 5.75 Å². The fraction of sp³-hybridized carbons (Fsp3) is 0.500. The van der Waals surface area contributed by atoms with Crippen molar-refractivity contribution >= 4 is 0 Å². The molecule has 0 aromatic heterocycles. The van der Waals surface area contributed by atoms with E-state index in [1.54, 1.807) is 0 Å². The van der Waals surface area contributed by atoms with Crippen LogP contribution in [0.2, 0.25) is 0 Å². The van der Waals surface area contributed by atoms with Crippen LogP contribution in [0.1, 0.15) is 57.1 Å². The lowest BCUT2D eigenvalue weighted by Gasteiger charge is -2.17. The smallest absolute Gasteiger partial charge is 0.122 e. The van der Waals surface area contributed by atoms with Gasteiger partial charge >= 0.3 is 0 Å². The second-order valence-electron chi connectivity index (χ2n) is 4.69. The summed E-state index contributed by atoms with van der Waals surface area (Å²) in [6.45, 7) is 9.26. The van der Waals surface area contributed by atoms with Crippen molar-refractivity contribution in [3.63, 3.8) is 0 Å². The quantitative estimate of drug-likeness (QED) is 0.684. The standard InChI is InChI=1S/C16H22O/c1-6-8-13(5)14-9-10-16(17-7-2)15(11-14)12(3)4/h1,9-13H,7-8H2,2-5H3. The predicted octanol–water partition coefficient (Wildman–Crippen LogP) is 4.34. The summed E-state index contributed by atoms with van der Waals surface area (Å²) in [6.07, 6.45) is 6.15. The monoisotopic (exact) mass is 230 g/mol. The van der Waals surface area contributed by atoms with Crippen molar-refractivity contribution in [2.24, 2.45) is 0 Å². The minimum atomic E-state index is 0.410. The van der Waals surface area contributed by atoms with Crippen molar-refractivity contribution in [1.82, 2.24) is 0 Å². The maximum Gasteiger partial charge on any atom is 0.122 e. The molecule has 1 aromatic rings. The predicted molar refractivity (Wildman–Crippen MR) is 73.6 cm³/mol. The van der Waals surface area contributed by atoms with Crippen molar-refractivity contribution < 1.29 is 4.74 Å². The summed E-state index contributed by atoms with van der Waals surface area (Å²) in [5.41, 5.74) is 2.57. The molecular formula is C16H22O. The first-order valence-corrected chi connectivity index (χ1v) is 6.30. The fourth-order valence-corrected chi connectivity index (χ4v) is 1.91. The molecule has 1 heteroatoms. The second kappa shape index (κ2) is 6.35. The maximum absolute atomic E-state index is 5.65. The zero-order valence-corrected chi connectivity index (χ0v) is 11.3. The number of terminal acetylenes is 1. The van der Waals surface area contributed by atoms with Gasteiger partial charge in [-0.1, -0.05) is 32.9 Å². The molecule has 1 unspecified atom stereocenters. The highest BCUT2D eigenvalue weighted by molar-refractivity contribution is 5.40. The molecule has 1 atom stereocenters. The molecule has 0 spiro atoms. The third-order valence-electron chi connectivity index (χ3n) is 2.95. The molecule has 0 N–H and O–H groups in total. The lowest BCUT2D eigenvalue weighted by atomic mass is 9.92. The van der Waals surface area contributed by atoms with Crippen LogP contribution in [-0.4, -0.2) is 6.61 Å². The molecule has 0 radical (unpaired) electrons. The Morgan fingerprint density at radius 1 is 1.29 bits per heavy atom. The normalized spacial score (nSPS) is 12.2. The van der Waals surface area contributed by atoms with Gasteiger partial charge in [0.05, 0.1) is 6.61 Å². The second-order valence-corrected chi connectivity index (χ2v) is 4.69. The maximum atomic E-state index is 5.65. The first kappa shape index (κ1) is 13.6. The largest absolute Gasteiger partial charge is 0.494 e. The Bertz CT molecular complexity index is 398. The van der Waals surface area contributed by atoms with Gasteiger partial charge in [-0.2, -0.15) is 0 Å². The topological polar surface area (TPSA) is 9.23 Å². The van der Waals surface area contributed by atoms with Gasteiger partial charge < -0.3 is 4.74 Å². The van der Waals surface area contributed by atoms with E-state index in [0.717, 1.165) is 12.2 Å². The highest BCUT2D eigenvalue weighted by atomic mass is 16.5. The molecular weight excluding hydrogens is 208 g/mol. The number of rotatable bonds is 5. The third kappa shape index (κ3) is 3.53. The Morgan fingerprint density at radius 2 is 2.00 bits per heavy atom. The Balaban J connectivity index is 3.05. The zero-order valence-electron chi connectivity index (χ0n) is 11.3. The van der Waals surface area contributed by atoms with Gasteiger partial charge in [-0.05, 0) is 36.0 Å². The van der Waals surface area contributed by atoms with E-state index in [9.17, 15) is 0 Å². The Hall–Kier alpha value is -1.42. The molecule has 0 aliphatic rings. The van der Waals surface area contributed by atoms with E-state index in [1.165, 1.54) is 11.1 Å². The van der Waals surface area contributed by atoms with E-state index in [0.29, 0.717) is 18.4 Å². The van der Waals surface area contributed by atoms with Crippen LogP contribution in [0.4, 0.5) is 0 Å². The van der Waals surface area contributed by atoms with Crippen LogP contribution in [-0.2, 0) is 0 Å². The van der Waals surface area contributed by atoms with Gasteiger partial charge in [0.25, 0.3) is 0 Å². The van der Waals surface area contributed by atoms with Crippen LogP contribution in [0.15, 0.2) is 18.2 Å². The summed E-state index contributed by atoms with van der Waals surface area (Å²) in [5, 5.41) is 0. The third-order valence-corrected chi connectivity index (χ3v) is 2.95. The van der Waals surface area contributed by atoms with Crippen LogP contribution in [0.3, 0.4) is 0 Å². The Kier molecular flexibility index (Phi) is 5.10. The zero-order chi connectivity index (χ0) is 12.8. The number of ether oxygens (including phenoxy) is 1. The first-order chi connectivity index (χ1) is 8.10. The molecule has 0 amide bonds. The molecule has 0 aliphatic heterocycles. The van der Waals surface area contributed by atoms with Crippen molar-refractivity contribution in [2.75, 3.05) is 6.61 Å². The summed E-state index contributed by atoms with van der Waals surface area (Å²) < 4.78 is 5.65. The summed E-state index contributed by atoms with van der Waals surface area (Å²) in [5.74, 6) is 4.60. The minimum Gasteiger partial charge on any atom is -0.494 e. The molecule has 92 valence electrons. The van der Waals surface area contributed by atoms with Crippen LogP contribution in [0.5, 0.6) is 5.75 Å². The number of hydrogen-bond donors (Lipinski definition) is 0. The van der Waals surface area contributed by atoms with E-state index in [-0.39, 0.29) is 0 Å². The Morgan fingerprint density at radius 3 is 2.53 bits per heavy atom. The van der Waals surface area contributed by atoms with Gasteiger partial charge in [-0.3, -0.25) is 0 Å². The summed E-state index contributed by atoms with van der Waals surface area (Å²) in [4.78, 5) is 0. The molecule has 0 fully saturated rings. The van der Waals surface area contributed by atoms with Crippen LogP contribution in [0, 0.1) is 12.3 Å². The van der Waals surface area contributed by atoms with E-state index < -0.39 is 0 Å². The van der Waals surface area contributed by atoms with Gasteiger partial charge in [0.15, 0.2) is 0 Å². The lowest BCUT2D eigenvalue weighted by molar-refractivity contribution is 0.335. The molecule has 0 aliphatic carbocycles. The highest BCUT2D eigenvalue weighted by Gasteiger charge is 2.11. The van der Waals surface area contributed by atoms with Gasteiger partial charge in [-0.15, -0.1) is 12.3 Å². The molecule has 17 heavy (non-hydrogen) atoms. The van der Waals surface area contributed by atoms with E-state index in [4.69, 9.17) is 11.2 Å². The van der Waals surface area contributed by atoms with Gasteiger partial charge in [0.2, 0.25) is 0 Å². The molecule has 0 saturated heterocycles. The highest BCUT2D eigenvalue weighted by Crippen LogP contribution is 2.30. The average Bonchev–Trinajstić information content (AvgIpc) is 2.30.